The van der Waals surface area contributed by atoms with Crippen LogP contribution in [0, 0.1) is 0 Å². The van der Waals surface area contributed by atoms with Gasteiger partial charge in [-0.15, -0.1) is 0 Å². The van der Waals surface area contributed by atoms with Crippen molar-refractivity contribution in [2.24, 2.45) is 5.73 Å². The summed E-state index contributed by atoms with van der Waals surface area (Å²) in [6.07, 6.45) is 0.445. The maximum atomic E-state index is 11.0. The SMILES string of the molecule is CC(C)OC(=O)OCn1ccc(C(N)=O)n1. The minimum atomic E-state index is -0.786. The number of amides is 1. The fourth-order valence-corrected chi connectivity index (χ4v) is 0.910. The van der Waals surface area contributed by atoms with Gasteiger partial charge in [0.25, 0.3) is 5.91 Å². The van der Waals surface area contributed by atoms with E-state index in [0.717, 1.165) is 0 Å². The lowest BCUT2D eigenvalue weighted by Gasteiger charge is -2.08. The molecule has 1 amide bonds. The van der Waals surface area contributed by atoms with Crippen molar-refractivity contribution in [2.75, 3.05) is 0 Å². The monoisotopic (exact) mass is 227 g/mol. The third-order valence-electron chi connectivity index (χ3n) is 1.54. The summed E-state index contributed by atoms with van der Waals surface area (Å²) in [5.41, 5.74) is 5.11. The standard InChI is InChI=1S/C9H13N3O4/c1-6(2)16-9(14)15-5-12-4-3-7(11-12)8(10)13/h3-4,6H,5H2,1-2H3,(H2,10,13). The van der Waals surface area contributed by atoms with Crippen molar-refractivity contribution >= 4 is 12.1 Å². The van der Waals surface area contributed by atoms with E-state index in [-0.39, 0.29) is 18.5 Å². The number of nitrogens with two attached hydrogens (primary N) is 1. The number of hydrogen-bond acceptors (Lipinski definition) is 5. The number of ether oxygens (including phenoxy) is 2. The summed E-state index contributed by atoms with van der Waals surface area (Å²) in [7, 11) is 0. The van der Waals surface area contributed by atoms with Gasteiger partial charge in [0.05, 0.1) is 6.10 Å². The zero-order valence-corrected chi connectivity index (χ0v) is 9.04. The zero-order valence-electron chi connectivity index (χ0n) is 9.04. The molecule has 0 unspecified atom stereocenters. The summed E-state index contributed by atoms with van der Waals surface area (Å²) in [4.78, 5) is 21.7. The Labute approximate surface area is 92.1 Å². The van der Waals surface area contributed by atoms with Gasteiger partial charge in [-0.25, -0.2) is 9.48 Å². The van der Waals surface area contributed by atoms with E-state index in [1.165, 1.54) is 16.9 Å². The van der Waals surface area contributed by atoms with Crippen molar-refractivity contribution in [3.05, 3.63) is 18.0 Å². The Morgan fingerprint density at radius 3 is 2.75 bits per heavy atom. The molecule has 88 valence electrons. The molecule has 0 saturated heterocycles. The van der Waals surface area contributed by atoms with E-state index in [1.807, 2.05) is 0 Å². The average molecular weight is 227 g/mol. The van der Waals surface area contributed by atoms with Crippen LogP contribution in [0.4, 0.5) is 4.79 Å². The largest absolute Gasteiger partial charge is 0.510 e. The molecule has 1 heterocycles. The number of carbonyl (C=O) groups excluding carboxylic acids is 2. The summed E-state index contributed by atoms with van der Waals surface area (Å²) in [6, 6.07) is 1.43. The van der Waals surface area contributed by atoms with E-state index in [2.05, 4.69) is 5.10 Å². The Balaban J connectivity index is 2.42. The predicted molar refractivity (Wildman–Crippen MR) is 53.4 cm³/mol. The van der Waals surface area contributed by atoms with Crippen molar-refractivity contribution in [3.63, 3.8) is 0 Å². The van der Waals surface area contributed by atoms with E-state index in [9.17, 15) is 9.59 Å². The summed E-state index contributed by atoms with van der Waals surface area (Å²) in [5.74, 6) is -0.636. The molecule has 16 heavy (non-hydrogen) atoms. The van der Waals surface area contributed by atoms with E-state index in [4.69, 9.17) is 15.2 Å². The quantitative estimate of drug-likeness (QED) is 0.755. The molecule has 7 heteroatoms. The molecule has 2 N–H and O–H groups in total. The number of carbonyl (C=O) groups is 2. The number of nitrogens with zero attached hydrogens (tertiary/aromatic N) is 2. The number of primary amides is 1. The van der Waals surface area contributed by atoms with Crippen LogP contribution >= 0.6 is 0 Å². The van der Waals surface area contributed by atoms with Gasteiger partial charge in [0.1, 0.15) is 5.69 Å². The first-order valence-electron chi connectivity index (χ1n) is 4.65. The molecule has 1 aromatic heterocycles. The molecule has 0 atom stereocenters. The van der Waals surface area contributed by atoms with Gasteiger partial charge >= 0.3 is 6.16 Å². The Morgan fingerprint density at radius 1 is 1.56 bits per heavy atom. The van der Waals surface area contributed by atoms with Crippen molar-refractivity contribution in [3.8, 4) is 0 Å². The fourth-order valence-electron chi connectivity index (χ4n) is 0.910. The minimum Gasteiger partial charge on any atom is -0.432 e. The van der Waals surface area contributed by atoms with Gasteiger partial charge < -0.3 is 15.2 Å². The van der Waals surface area contributed by atoms with Crippen LogP contribution in [0.3, 0.4) is 0 Å². The first-order chi connectivity index (χ1) is 7.49. The second-order valence-corrected chi connectivity index (χ2v) is 3.29. The molecular formula is C9H13N3O4. The summed E-state index contributed by atoms with van der Waals surface area (Å²) in [6.45, 7) is 3.29. The normalized spacial score (nSPS) is 10.2. The lowest BCUT2D eigenvalue weighted by atomic mass is 10.4. The first-order valence-corrected chi connectivity index (χ1v) is 4.65. The molecule has 7 nitrogen and oxygen atoms in total. The highest BCUT2D eigenvalue weighted by Crippen LogP contribution is 1.97. The van der Waals surface area contributed by atoms with Gasteiger partial charge in [0.15, 0.2) is 6.73 Å². The van der Waals surface area contributed by atoms with Crippen LogP contribution in [0.25, 0.3) is 0 Å². The molecule has 0 aliphatic carbocycles. The average Bonchev–Trinajstić information content (AvgIpc) is 2.61. The Kier molecular flexibility index (Phi) is 3.87. The summed E-state index contributed by atoms with van der Waals surface area (Å²) < 4.78 is 10.7. The van der Waals surface area contributed by atoms with Crippen LogP contribution in [-0.2, 0) is 16.2 Å². The van der Waals surface area contributed by atoms with Crippen molar-refractivity contribution in [1.29, 1.82) is 0 Å². The van der Waals surface area contributed by atoms with Gasteiger partial charge in [0, 0.05) is 6.20 Å². The second kappa shape index (κ2) is 5.15. The molecule has 0 spiro atoms. The number of aromatic nitrogens is 2. The molecule has 0 radical (unpaired) electrons. The van der Waals surface area contributed by atoms with Gasteiger partial charge in [0.2, 0.25) is 0 Å². The Bertz CT molecular complexity index is 386. The molecule has 1 rings (SSSR count). The molecule has 0 aliphatic rings. The fraction of sp³-hybridized carbons (Fsp3) is 0.444. The molecule has 1 aromatic rings. The highest BCUT2D eigenvalue weighted by atomic mass is 16.7. The molecule has 0 bridgehead atoms. The molecule has 0 aliphatic heterocycles. The van der Waals surface area contributed by atoms with Gasteiger partial charge in [-0.2, -0.15) is 5.10 Å². The molecule has 0 fully saturated rings. The van der Waals surface area contributed by atoms with Crippen LogP contribution in [-0.4, -0.2) is 27.9 Å². The topological polar surface area (TPSA) is 96.4 Å². The van der Waals surface area contributed by atoms with Crippen LogP contribution < -0.4 is 5.73 Å². The lowest BCUT2D eigenvalue weighted by Crippen LogP contribution is -2.16. The van der Waals surface area contributed by atoms with Crippen LogP contribution in [0.2, 0.25) is 0 Å². The van der Waals surface area contributed by atoms with Crippen LogP contribution in [0.15, 0.2) is 12.3 Å². The lowest BCUT2D eigenvalue weighted by molar-refractivity contribution is 0.0132. The Morgan fingerprint density at radius 2 is 2.25 bits per heavy atom. The second-order valence-electron chi connectivity index (χ2n) is 3.29. The number of hydrogen-bond donors (Lipinski definition) is 1. The summed E-state index contributed by atoms with van der Waals surface area (Å²) >= 11 is 0. The third-order valence-corrected chi connectivity index (χ3v) is 1.54. The first kappa shape index (κ1) is 12.0. The van der Waals surface area contributed by atoms with Crippen LogP contribution in [0.1, 0.15) is 24.3 Å². The highest BCUT2D eigenvalue weighted by Gasteiger charge is 2.08. The van der Waals surface area contributed by atoms with Gasteiger partial charge in [-0.05, 0) is 19.9 Å². The van der Waals surface area contributed by atoms with Gasteiger partial charge in [-0.1, -0.05) is 0 Å². The maximum Gasteiger partial charge on any atom is 0.510 e. The maximum absolute atomic E-state index is 11.0. The highest BCUT2D eigenvalue weighted by molar-refractivity contribution is 5.90. The zero-order chi connectivity index (χ0) is 12.1. The molecule has 0 aromatic carbocycles. The Hall–Kier alpha value is -2.05. The van der Waals surface area contributed by atoms with Gasteiger partial charge in [-0.3, -0.25) is 4.79 Å². The van der Waals surface area contributed by atoms with Crippen molar-refractivity contribution in [2.45, 2.75) is 26.7 Å². The smallest absolute Gasteiger partial charge is 0.432 e. The third kappa shape index (κ3) is 3.60. The van der Waals surface area contributed by atoms with E-state index in [1.54, 1.807) is 13.8 Å². The van der Waals surface area contributed by atoms with Crippen molar-refractivity contribution < 1.29 is 19.1 Å². The van der Waals surface area contributed by atoms with E-state index in [0.29, 0.717) is 0 Å². The molecular weight excluding hydrogens is 214 g/mol. The number of rotatable bonds is 4. The summed E-state index contributed by atoms with van der Waals surface area (Å²) in [5, 5.41) is 3.77. The van der Waals surface area contributed by atoms with E-state index >= 15 is 0 Å². The van der Waals surface area contributed by atoms with Crippen LogP contribution in [0.5, 0.6) is 0 Å². The van der Waals surface area contributed by atoms with E-state index < -0.39 is 12.1 Å². The van der Waals surface area contributed by atoms with Crippen molar-refractivity contribution in [1.82, 2.24) is 9.78 Å². The minimum absolute atomic E-state index is 0.112. The predicted octanol–water partition coefficient (Wildman–Crippen LogP) is 0.501. The molecule has 0 saturated carbocycles.